The highest BCUT2D eigenvalue weighted by atomic mass is 32.2. The molecule has 0 radical (unpaired) electrons. The van der Waals surface area contributed by atoms with E-state index in [4.69, 9.17) is 4.52 Å². The third-order valence-corrected chi connectivity index (χ3v) is 5.70. The summed E-state index contributed by atoms with van der Waals surface area (Å²) < 4.78 is 5.32. The Kier molecular flexibility index (Phi) is 5.70. The Hall–Kier alpha value is -1.82. The second-order valence-corrected chi connectivity index (χ2v) is 9.33. The quantitative estimate of drug-likeness (QED) is 0.783. The van der Waals surface area contributed by atoms with Crippen molar-refractivity contribution in [3.63, 3.8) is 0 Å². The Morgan fingerprint density at radius 1 is 1.35 bits per heavy atom. The summed E-state index contributed by atoms with van der Waals surface area (Å²) in [6.07, 6.45) is 2.84. The monoisotopic (exact) mass is 373 g/mol. The molecule has 1 aliphatic heterocycles. The van der Waals surface area contributed by atoms with Crippen molar-refractivity contribution in [3.8, 4) is 0 Å². The minimum Gasteiger partial charge on any atom is -0.339 e. The molecule has 2 heterocycles. The van der Waals surface area contributed by atoms with Gasteiger partial charge in [0.05, 0.1) is 5.69 Å². The first-order valence-electron chi connectivity index (χ1n) is 9.23. The number of thioether (sulfide) groups is 1. The van der Waals surface area contributed by atoms with Crippen LogP contribution in [0.1, 0.15) is 58.7 Å². The molecule has 140 valence electrons. The molecule has 3 rings (SSSR count). The van der Waals surface area contributed by atoms with Gasteiger partial charge in [0.1, 0.15) is 0 Å². The van der Waals surface area contributed by atoms with Gasteiger partial charge in [-0.15, -0.1) is 11.8 Å². The summed E-state index contributed by atoms with van der Waals surface area (Å²) in [4.78, 5) is 20.4. The molecule has 0 bridgehead atoms. The fraction of sp³-hybridized carbons (Fsp3) is 0.550. The van der Waals surface area contributed by atoms with E-state index in [9.17, 15) is 4.79 Å². The van der Waals surface area contributed by atoms with Gasteiger partial charge in [-0.05, 0) is 25.0 Å². The van der Waals surface area contributed by atoms with Crippen molar-refractivity contribution in [2.45, 2.75) is 68.9 Å². The molecule has 0 saturated carbocycles. The van der Waals surface area contributed by atoms with Crippen molar-refractivity contribution >= 4 is 23.4 Å². The maximum atomic E-state index is 12.8. The number of hydrogen-bond acceptors (Lipinski definition) is 5. The molecule has 0 fully saturated rings. The van der Waals surface area contributed by atoms with Crippen molar-refractivity contribution < 1.29 is 9.32 Å². The number of carbonyl (C=O) groups is 1. The number of hydrogen-bond donors (Lipinski definition) is 0. The average Bonchev–Trinajstić information content (AvgIpc) is 2.99. The van der Waals surface area contributed by atoms with E-state index < -0.39 is 0 Å². The van der Waals surface area contributed by atoms with Crippen LogP contribution in [0, 0.1) is 0 Å². The maximum Gasteiger partial charge on any atom is 0.227 e. The SMILES string of the molecule is C[C@H]1CCN(C(=O)CCCc2nc(C(C)(C)C)no2)c2ccccc2S1. The maximum absolute atomic E-state index is 12.8. The van der Waals surface area contributed by atoms with Gasteiger partial charge in [-0.3, -0.25) is 4.79 Å². The Labute approximate surface area is 159 Å². The molecule has 1 aromatic heterocycles. The van der Waals surface area contributed by atoms with Crippen LogP contribution in [-0.2, 0) is 16.6 Å². The molecule has 1 aliphatic rings. The van der Waals surface area contributed by atoms with Gasteiger partial charge < -0.3 is 9.42 Å². The number of aryl methyl sites for hydroxylation is 1. The fourth-order valence-corrected chi connectivity index (χ4v) is 4.05. The number of para-hydroxylation sites is 1. The number of rotatable bonds is 4. The van der Waals surface area contributed by atoms with Crippen LogP contribution in [0.5, 0.6) is 0 Å². The molecule has 0 spiro atoms. The molecule has 1 amide bonds. The lowest BCUT2D eigenvalue weighted by molar-refractivity contribution is -0.118. The van der Waals surface area contributed by atoms with Crippen LogP contribution in [-0.4, -0.2) is 27.8 Å². The third-order valence-electron chi connectivity index (χ3n) is 4.46. The van der Waals surface area contributed by atoms with E-state index in [2.05, 4.69) is 43.9 Å². The highest BCUT2D eigenvalue weighted by Crippen LogP contribution is 2.37. The summed E-state index contributed by atoms with van der Waals surface area (Å²) in [5.41, 5.74) is 0.918. The van der Waals surface area contributed by atoms with Crippen LogP contribution in [0.4, 0.5) is 5.69 Å². The van der Waals surface area contributed by atoms with Crippen LogP contribution in [0.3, 0.4) is 0 Å². The molecule has 1 atom stereocenters. The summed E-state index contributed by atoms with van der Waals surface area (Å²) in [6, 6.07) is 8.19. The van der Waals surface area contributed by atoms with Crippen molar-refractivity contribution in [3.05, 3.63) is 36.0 Å². The first-order valence-corrected chi connectivity index (χ1v) is 10.1. The number of benzene rings is 1. The van der Waals surface area contributed by atoms with Gasteiger partial charge in [0, 0.05) is 34.9 Å². The van der Waals surface area contributed by atoms with E-state index in [1.165, 1.54) is 4.90 Å². The van der Waals surface area contributed by atoms with Crippen molar-refractivity contribution in [1.29, 1.82) is 0 Å². The van der Waals surface area contributed by atoms with Gasteiger partial charge >= 0.3 is 0 Å². The minimum atomic E-state index is -0.123. The smallest absolute Gasteiger partial charge is 0.227 e. The molecule has 1 aromatic carbocycles. The van der Waals surface area contributed by atoms with Crippen LogP contribution in [0.2, 0.25) is 0 Å². The fourth-order valence-electron chi connectivity index (χ4n) is 2.93. The first-order chi connectivity index (χ1) is 12.3. The van der Waals surface area contributed by atoms with Crippen molar-refractivity contribution in [1.82, 2.24) is 10.1 Å². The second kappa shape index (κ2) is 7.82. The number of nitrogens with zero attached hydrogens (tertiary/aromatic N) is 3. The largest absolute Gasteiger partial charge is 0.339 e. The van der Waals surface area contributed by atoms with Crippen LogP contribution in [0.25, 0.3) is 0 Å². The molecule has 0 aliphatic carbocycles. The molecular weight excluding hydrogens is 346 g/mol. The number of fused-ring (bicyclic) bond motifs is 1. The summed E-state index contributed by atoms with van der Waals surface area (Å²) in [5.74, 6) is 1.50. The summed E-state index contributed by atoms with van der Waals surface area (Å²) in [6.45, 7) is 9.17. The lowest BCUT2D eigenvalue weighted by atomic mass is 9.96. The van der Waals surface area contributed by atoms with E-state index in [0.29, 0.717) is 36.2 Å². The Balaban J connectivity index is 1.61. The standard InChI is InChI=1S/C20H27N3O2S/c1-14-12-13-23(15-8-5-6-9-16(15)26-14)18(24)11-7-10-17-21-19(22-25-17)20(2,3)4/h5-6,8-9,14H,7,10-13H2,1-4H3/t14-/m0/s1. The van der Waals surface area contributed by atoms with Crippen LogP contribution in [0.15, 0.2) is 33.7 Å². The van der Waals surface area contributed by atoms with E-state index in [1.807, 2.05) is 34.9 Å². The van der Waals surface area contributed by atoms with Gasteiger partial charge in [0.25, 0.3) is 0 Å². The number of aromatic nitrogens is 2. The number of carbonyl (C=O) groups excluding carboxylic acids is 1. The van der Waals surface area contributed by atoms with E-state index >= 15 is 0 Å². The zero-order chi connectivity index (χ0) is 18.7. The Morgan fingerprint density at radius 3 is 2.85 bits per heavy atom. The van der Waals surface area contributed by atoms with E-state index in [1.54, 1.807) is 0 Å². The highest BCUT2D eigenvalue weighted by Gasteiger charge is 2.24. The van der Waals surface area contributed by atoms with E-state index in [-0.39, 0.29) is 11.3 Å². The van der Waals surface area contributed by atoms with Gasteiger partial charge in [0.2, 0.25) is 11.8 Å². The lowest BCUT2D eigenvalue weighted by Crippen LogP contribution is -2.32. The van der Waals surface area contributed by atoms with E-state index in [0.717, 1.165) is 18.7 Å². The predicted octanol–water partition coefficient (Wildman–Crippen LogP) is 4.61. The molecule has 0 N–H and O–H groups in total. The molecule has 2 aromatic rings. The van der Waals surface area contributed by atoms with Crippen molar-refractivity contribution in [2.75, 3.05) is 11.4 Å². The molecule has 0 unspecified atom stereocenters. The Morgan fingerprint density at radius 2 is 2.12 bits per heavy atom. The first kappa shape index (κ1) is 19.0. The topological polar surface area (TPSA) is 59.2 Å². The zero-order valence-electron chi connectivity index (χ0n) is 16.0. The molecule has 0 saturated heterocycles. The van der Waals surface area contributed by atoms with Crippen LogP contribution < -0.4 is 4.90 Å². The van der Waals surface area contributed by atoms with Gasteiger partial charge in [-0.1, -0.05) is 45.0 Å². The molecular formula is C20H27N3O2S. The molecule has 26 heavy (non-hydrogen) atoms. The third kappa shape index (κ3) is 4.47. The molecule has 5 nitrogen and oxygen atoms in total. The number of amides is 1. The van der Waals surface area contributed by atoms with Gasteiger partial charge in [-0.2, -0.15) is 4.98 Å². The van der Waals surface area contributed by atoms with Crippen molar-refractivity contribution in [2.24, 2.45) is 0 Å². The summed E-state index contributed by atoms with van der Waals surface area (Å²) in [5, 5.41) is 4.56. The Bertz CT molecular complexity index is 766. The number of anilines is 1. The van der Waals surface area contributed by atoms with Gasteiger partial charge in [-0.25, -0.2) is 0 Å². The second-order valence-electron chi connectivity index (χ2n) is 7.85. The summed E-state index contributed by atoms with van der Waals surface area (Å²) in [7, 11) is 0. The molecule has 6 heteroatoms. The predicted molar refractivity (Wildman–Crippen MR) is 105 cm³/mol. The zero-order valence-corrected chi connectivity index (χ0v) is 16.8. The highest BCUT2D eigenvalue weighted by molar-refractivity contribution is 8.00. The minimum absolute atomic E-state index is 0.123. The lowest BCUT2D eigenvalue weighted by Gasteiger charge is -2.22. The normalized spacial score (nSPS) is 17.7. The van der Waals surface area contributed by atoms with Gasteiger partial charge in [0.15, 0.2) is 5.82 Å². The summed E-state index contributed by atoms with van der Waals surface area (Å²) >= 11 is 1.85. The van der Waals surface area contributed by atoms with Crippen LogP contribution >= 0.6 is 11.8 Å². The average molecular weight is 374 g/mol.